The number of unbranched alkanes of at least 4 members (excludes halogenated alkanes) is 5. The van der Waals surface area contributed by atoms with Crippen LogP contribution in [0.5, 0.6) is 11.5 Å². The molecule has 0 fully saturated rings. The van der Waals surface area contributed by atoms with Crippen LogP contribution in [0.1, 0.15) is 55.8 Å². The molecule has 30 heavy (non-hydrogen) atoms. The summed E-state index contributed by atoms with van der Waals surface area (Å²) >= 11 is 0. The van der Waals surface area contributed by atoms with Gasteiger partial charge < -0.3 is 28.4 Å². The van der Waals surface area contributed by atoms with E-state index in [1.165, 1.54) is 25.7 Å². The molecule has 0 aliphatic carbocycles. The summed E-state index contributed by atoms with van der Waals surface area (Å²) in [6, 6.07) is 5.10. The van der Waals surface area contributed by atoms with Gasteiger partial charge in [0.05, 0.1) is 51.8 Å². The Morgan fingerprint density at radius 3 is 2.00 bits per heavy atom. The lowest BCUT2D eigenvalue weighted by Crippen LogP contribution is -2.13. The predicted octanol–water partition coefficient (Wildman–Crippen LogP) is 4.02. The molecule has 2 rings (SSSR count). The number of fused-ring (bicyclic) bond motifs is 1. The van der Waals surface area contributed by atoms with Crippen LogP contribution in [-0.4, -0.2) is 65.4 Å². The maximum Gasteiger partial charge on any atom is 0.338 e. The Kier molecular flexibility index (Phi) is 13.0. The minimum Gasteiger partial charge on any atom is -0.487 e. The third-order valence-corrected chi connectivity index (χ3v) is 4.62. The van der Waals surface area contributed by atoms with E-state index < -0.39 is 0 Å². The van der Waals surface area contributed by atoms with Crippen LogP contribution in [0.2, 0.25) is 0 Å². The molecule has 7 nitrogen and oxygen atoms in total. The van der Waals surface area contributed by atoms with Crippen LogP contribution in [0.4, 0.5) is 0 Å². The van der Waals surface area contributed by atoms with E-state index in [1.54, 1.807) is 18.2 Å². The van der Waals surface area contributed by atoms with Crippen molar-refractivity contribution < 1.29 is 33.2 Å². The Morgan fingerprint density at radius 2 is 1.33 bits per heavy atom. The highest BCUT2D eigenvalue weighted by Gasteiger charge is 2.13. The van der Waals surface area contributed by atoms with Gasteiger partial charge in [-0.1, -0.05) is 39.0 Å². The predicted molar refractivity (Wildman–Crippen MR) is 114 cm³/mol. The van der Waals surface area contributed by atoms with Gasteiger partial charge in [-0.2, -0.15) is 0 Å². The average Bonchev–Trinajstić information content (AvgIpc) is 2.77. The standard InChI is InChI=1S/C23H36O7/c1-2-3-4-5-6-7-10-30-23(24)20-8-9-21-22(19-20)29-18-16-27-14-12-25-11-13-26-15-17-28-21/h8-9,19H,2-7,10-18H2,1H3. The lowest BCUT2D eigenvalue weighted by Gasteiger charge is -2.14. The van der Waals surface area contributed by atoms with E-state index in [-0.39, 0.29) is 5.97 Å². The summed E-state index contributed by atoms with van der Waals surface area (Å²) in [5.74, 6) is 0.721. The SMILES string of the molecule is CCCCCCCCOC(=O)c1ccc2c(c1)OCCOCCOCCOCCO2. The number of ether oxygens (including phenoxy) is 6. The van der Waals surface area contributed by atoms with Crippen LogP contribution in [0.3, 0.4) is 0 Å². The van der Waals surface area contributed by atoms with Gasteiger partial charge in [-0.3, -0.25) is 0 Å². The highest BCUT2D eigenvalue weighted by Crippen LogP contribution is 2.29. The Bertz CT molecular complexity index is 591. The molecule has 0 aromatic heterocycles. The zero-order valence-corrected chi connectivity index (χ0v) is 18.2. The number of rotatable bonds is 8. The normalized spacial score (nSPS) is 16.3. The van der Waals surface area contributed by atoms with Crippen LogP contribution in [0.15, 0.2) is 18.2 Å². The van der Waals surface area contributed by atoms with Crippen LogP contribution < -0.4 is 9.47 Å². The van der Waals surface area contributed by atoms with E-state index in [4.69, 9.17) is 28.4 Å². The van der Waals surface area contributed by atoms with Crippen molar-refractivity contribution in [3.63, 3.8) is 0 Å². The number of esters is 1. The Hall–Kier alpha value is -1.83. The summed E-state index contributed by atoms with van der Waals surface area (Å²) in [7, 11) is 0. The molecule has 170 valence electrons. The molecule has 1 aliphatic rings. The van der Waals surface area contributed by atoms with Gasteiger partial charge >= 0.3 is 5.97 Å². The Morgan fingerprint density at radius 1 is 0.767 bits per heavy atom. The van der Waals surface area contributed by atoms with Crippen LogP contribution >= 0.6 is 0 Å². The van der Waals surface area contributed by atoms with Gasteiger partial charge in [0, 0.05) is 0 Å². The molecule has 1 aromatic carbocycles. The van der Waals surface area contributed by atoms with Crippen molar-refractivity contribution in [3.05, 3.63) is 23.8 Å². The maximum atomic E-state index is 12.4. The minimum absolute atomic E-state index is 0.345. The lowest BCUT2D eigenvalue weighted by atomic mass is 10.1. The summed E-state index contributed by atoms with van der Waals surface area (Å²) in [5.41, 5.74) is 0.451. The fraction of sp³-hybridized carbons (Fsp3) is 0.696. The van der Waals surface area contributed by atoms with Crippen LogP contribution in [0, 0.1) is 0 Å². The summed E-state index contributed by atoms with van der Waals surface area (Å²) in [6.07, 6.45) is 6.90. The molecule has 0 amide bonds. The van der Waals surface area contributed by atoms with Crippen molar-refractivity contribution in [1.29, 1.82) is 0 Å². The molecule has 0 N–H and O–H groups in total. The van der Waals surface area contributed by atoms with Gasteiger partial charge in [-0.25, -0.2) is 4.79 Å². The number of hydrogen-bond acceptors (Lipinski definition) is 7. The highest BCUT2D eigenvalue weighted by atomic mass is 16.6. The van der Waals surface area contributed by atoms with Crippen molar-refractivity contribution in [2.24, 2.45) is 0 Å². The molecule has 0 bridgehead atoms. The van der Waals surface area contributed by atoms with Crippen molar-refractivity contribution in [2.75, 3.05) is 59.5 Å². The molecule has 0 spiro atoms. The largest absolute Gasteiger partial charge is 0.487 e. The fourth-order valence-corrected chi connectivity index (χ4v) is 2.96. The van der Waals surface area contributed by atoms with Crippen LogP contribution in [0.25, 0.3) is 0 Å². The third kappa shape index (κ3) is 10.3. The fourth-order valence-electron chi connectivity index (χ4n) is 2.96. The minimum atomic E-state index is -0.345. The summed E-state index contributed by atoms with van der Waals surface area (Å²) in [5, 5.41) is 0. The molecule has 0 saturated heterocycles. The number of carbonyl (C=O) groups is 1. The quantitative estimate of drug-likeness (QED) is 0.461. The number of benzene rings is 1. The molecule has 0 saturated carbocycles. The molecule has 0 radical (unpaired) electrons. The van der Waals surface area contributed by atoms with Gasteiger partial charge in [-0.15, -0.1) is 0 Å². The Labute approximate surface area is 179 Å². The van der Waals surface area contributed by atoms with Crippen LogP contribution in [-0.2, 0) is 18.9 Å². The molecule has 1 aromatic rings. The first kappa shape index (κ1) is 24.4. The van der Waals surface area contributed by atoms with E-state index in [2.05, 4.69) is 6.92 Å². The second kappa shape index (κ2) is 15.9. The molecule has 0 atom stereocenters. The highest BCUT2D eigenvalue weighted by molar-refractivity contribution is 5.90. The lowest BCUT2D eigenvalue weighted by molar-refractivity contribution is 0.00708. The van der Waals surface area contributed by atoms with Gasteiger partial charge in [0.25, 0.3) is 0 Å². The zero-order valence-electron chi connectivity index (χ0n) is 18.2. The van der Waals surface area contributed by atoms with Gasteiger partial charge in [0.2, 0.25) is 0 Å². The number of hydrogen-bond donors (Lipinski definition) is 0. The number of carbonyl (C=O) groups excluding carboxylic acids is 1. The monoisotopic (exact) mass is 424 g/mol. The van der Waals surface area contributed by atoms with E-state index in [9.17, 15) is 4.79 Å². The van der Waals surface area contributed by atoms with E-state index >= 15 is 0 Å². The smallest absolute Gasteiger partial charge is 0.338 e. The van der Waals surface area contributed by atoms with Crippen molar-refractivity contribution in [3.8, 4) is 11.5 Å². The van der Waals surface area contributed by atoms with Crippen molar-refractivity contribution in [2.45, 2.75) is 45.4 Å². The first-order chi connectivity index (χ1) is 14.8. The Balaban J connectivity index is 1.85. The second-order valence-corrected chi connectivity index (χ2v) is 7.10. The first-order valence-electron chi connectivity index (χ1n) is 11.1. The van der Waals surface area contributed by atoms with Gasteiger partial charge in [0.15, 0.2) is 11.5 Å². The second-order valence-electron chi connectivity index (χ2n) is 7.10. The topological polar surface area (TPSA) is 72.5 Å². The van der Waals surface area contributed by atoms with Gasteiger partial charge in [0.1, 0.15) is 13.2 Å². The molecule has 7 heteroatoms. The summed E-state index contributed by atoms with van der Waals surface area (Å²) in [6.45, 7) is 6.29. The maximum absolute atomic E-state index is 12.4. The molecule has 1 aliphatic heterocycles. The zero-order chi connectivity index (χ0) is 21.3. The van der Waals surface area contributed by atoms with Crippen molar-refractivity contribution in [1.82, 2.24) is 0 Å². The van der Waals surface area contributed by atoms with E-state index in [1.807, 2.05) is 0 Å². The molecule has 1 heterocycles. The molecular formula is C23H36O7. The molecule has 0 unspecified atom stereocenters. The molecular weight excluding hydrogens is 388 g/mol. The first-order valence-corrected chi connectivity index (χ1v) is 11.1. The van der Waals surface area contributed by atoms with E-state index in [0.717, 1.165) is 12.8 Å². The average molecular weight is 425 g/mol. The summed E-state index contributed by atoms with van der Waals surface area (Å²) in [4.78, 5) is 12.4. The van der Waals surface area contributed by atoms with E-state index in [0.29, 0.717) is 76.5 Å². The van der Waals surface area contributed by atoms with Gasteiger partial charge in [-0.05, 0) is 24.6 Å². The third-order valence-electron chi connectivity index (χ3n) is 4.62. The summed E-state index contributed by atoms with van der Waals surface area (Å²) < 4.78 is 33.3. The van der Waals surface area contributed by atoms with Crippen molar-refractivity contribution >= 4 is 5.97 Å².